The maximum atomic E-state index is 13.5. The van der Waals surface area contributed by atoms with Crippen LogP contribution >= 0.6 is 11.8 Å². The SMILES string of the molecule is O=C(O)c1ccccc1C(=O)Nc1ccc(S[C@@H](C(=O)Nc2ccccc2C(F)(F)F)c2ccccc2)cc1. The van der Waals surface area contributed by atoms with E-state index in [1.807, 2.05) is 0 Å². The molecule has 0 saturated heterocycles. The highest BCUT2D eigenvalue weighted by molar-refractivity contribution is 8.00. The Labute approximate surface area is 225 Å². The second-order valence-corrected chi connectivity index (χ2v) is 9.45. The number of nitrogens with one attached hydrogen (secondary N) is 2. The number of amides is 2. The van der Waals surface area contributed by atoms with E-state index in [4.69, 9.17) is 0 Å². The summed E-state index contributed by atoms with van der Waals surface area (Å²) in [7, 11) is 0. The van der Waals surface area contributed by atoms with Crippen LogP contribution in [0.5, 0.6) is 0 Å². The van der Waals surface area contributed by atoms with Gasteiger partial charge >= 0.3 is 12.1 Å². The quantitative estimate of drug-likeness (QED) is 0.203. The number of halogens is 3. The van der Waals surface area contributed by atoms with Gasteiger partial charge in [-0.3, -0.25) is 9.59 Å². The van der Waals surface area contributed by atoms with Crippen molar-refractivity contribution in [1.82, 2.24) is 0 Å². The van der Waals surface area contributed by atoms with Crippen molar-refractivity contribution in [2.75, 3.05) is 10.6 Å². The first-order chi connectivity index (χ1) is 18.6. The zero-order valence-corrected chi connectivity index (χ0v) is 20.9. The molecule has 4 rings (SSSR count). The molecule has 39 heavy (non-hydrogen) atoms. The van der Waals surface area contributed by atoms with Crippen LogP contribution in [0.2, 0.25) is 0 Å². The molecule has 6 nitrogen and oxygen atoms in total. The van der Waals surface area contributed by atoms with E-state index in [2.05, 4.69) is 10.6 Å². The van der Waals surface area contributed by atoms with Gasteiger partial charge in [0.2, 0.25) is 5.91 Å². The van der Waals surface area contributed by atoms with Crippen molar-refractivity contribution < 1.29 is 32.7 Å². The fourth-order valence-electron chi connectivity index (χ4n) is 3.76. The second-order valence-electron chi connectivity index (χ2n) is 8.27. The molecule has 0 bridgehead atoms. The normalized spacial score (nSPS) is 11.9. The predicted octanol–water partition coefficient (Wildman–Crippen LogP) is 7.13. The molecule has 0 heterocycles. The Bertz CT molecular complexity index is 1490. The van der Waals surface area contributed by atoms with Crippen LogP contribution in [0.3, 0.4) is 0 Å². The summed E-state index contributed by atoms with van der Waals surface area (Å²) < 4.78 is 40.4. The Balaban J connectivity index is 1.53. The van der Waals surface area contributed by atoms with Gasteiger partial charge in [-0.2, -0.15) is 13.2 Å². The minimum absolute atomic E-state index is 0.00315. The molecule has 0 aliphatic carbocycles. The summed E-state index contributed by atoms with van der Waals surface area (Å²) in [6.45, 7) is 0. The first-order valence-electron chi connectivity index (χ1n) is 11.6. The molecule has 0 unspecified atom stereocenters. The zero-order valence-electron chi connectivity index (χ0n) is 20.1. The summed E-state index contributed by atoms with van der Waals surface area (Å²) in [6, 6.07) is 25.7. The van der Waals surface area contributed by atoms with Gasteiger partial charge in [0.15, 0.2) is 0 Å². The molecule has 0 saturated carbocycles. The van der Waals surface area contributed by atoms with Crippen molar-refractivity contribution >= 4 is 40.9 Å². The topological polar surface area (TPSA) is 95.5 Å². The van der Waals surface area contributed by atoms with Crippen molar-refractivity contribution in [2.24, 2.45) is 0 Å². The number of thioether (sulfide) groups is 1. The van der Waals surface area contributed by atoms with E-state index in [1.54, 1.807) is 60.7 Å². The highest BCUT2D eigenvalue weighted by atomic mass is 32.2. The lowest BCUT2D eigenvalue weighted by Crippen LogP contribution is -2.21. The van der Waals surface area contributed by atoms with Gasteiger partial charge in [-0.15, -0.1) is 11.8 Å². The molecule has 0 fully saturated rings. The summed E-state index contributed by atoms with van der Waals surface area (Å²) >= 11 is 1.13. The Morgan fingerprint density at radius 2 is 1.31 bits per heavy atom. The number of carboxylic acid groups (broad SMARTS) is 1. The molecule has 3 N–H and O–H groups in total. The van der Waals surface area contributed by atoms with Crippen LogP contribution in [0, 0.1) is 0 Å². The van der Waals surface area contributed by atoms with Crippen LogP contribution in [0.4, 0.5) is 24.5 Å². The molecule has 2 amide bonds. The van der Waals surface area contributed by atoms with Crippen LogP contribution in [-0.4, -0.2) is 22.9 Å². The number of rotatable bonds is 8. The number of carbonyl (C=O) groups excluding carboxylic acids is 2. The zero-order chi connectivity index (χ0) is 28.0. The lowest BCUT2D eigenvalue weighted by molar-refractivity contribution is -0.137. The molecule has 4 aromatic carbocycles. The summed E-state index contributed by atoms with van der Waals surface area (Å²) in [5, 5.41) is 13.5. The molecular formula is C29H21F3N2O4S. The van der Waals surface area contributed by atoms with Crippen LogP contribution in [0.15, 0.2) is 108 Å². The highest BCUT2D eigenvalue weighted by Crippen LogP contribution is 2.39. The average Bonchev–Trinajstić information content (AvgIpc) is 2.92. The minimum atomic E-state index is -4.63. The molecule has 10 heteroatoms. The molecule has 0 aromatic heterocycles. The largest absolute Gasteiger partial charge is 0.478 e. The summed E-state index contributed by atoms with van der Waals surface area (Å²) in [4.78, 5) is 37.9. The lowest BCUT2D eigenvalue weighted by atomic mass is 10.1. The second kappa shape index (κ2) is 11.9. The van der Waals surface area contributed by atoms with E-state index >= 15 is 0 Å². The van der Waals surface area contributed by atoms with E-state index in [-0.39, 0.29) is 16.8 Å². The van der Waals surface area contributed by atoms with Gasteiger partial charge in [-0.1, -0.05) is 54.6 Å². The summed E-state index contributed by atoms with van der Waals surface area (Å²) in [6.07, 6.45) is -4.63. The Morgan fingerprint density at radius 3 is 1.95 bits per heavy atom. The third kappa shape index (κ3) is 6.85. The number of alkyl halides is 3. The first-order valence-corrected chi connectivity index (χ1v) is 12.4. The van der Waals surface area contributed by atoms with Gasteiger partial charge in [0.25, 0.3) is 5.91 Å². The Morgan fingerprint density at radius 1 is 0.718 bits per heavy atom. The van der Waals surface area contributed by atoms with E-state index in [0.717, 1.165) is 17.8 Å². The monoisotopic (exact) mass is 550 g/mol. The average molecular weight is 551 g/mol. The van der Waals surface area contributed by atoms with E-state index in [1.165, 1.54) is 36.4 Å². The summed E-state index contributed by atoms with van der Waals surface area (Å²) in [5.41, 5.74) is -0.429. The van der Waals surface area contributed by atoms with Gasteiger partial charge in [0.05, 0.1) is 22.4 Å². The van der Waals surface area contributed by atoms with Crippen LogP contribution in [-0.2, 0) is 11.0 Å². The van der Waals surface area contributed by atoms with Crippen molar-refractivity contribution in [2.45, 2.75) is 16.3 Å². The van der Waals surface area contributed by atoms with Gasteiger partial charge in [0, 0.05) is 10.6 Å². The number of carboxylic acids is 1. The number of aromatic carboxylic acids is 1. The third-order valence-electron chi connectivity index (χ3n) is 5.60. The molecule has 0 spiro atoms. The third-order valence-corrected chi connectivity index (χ3v) is 6.87. The van der Waals surface area contributed by atoms with Crippen molar-refractivity contribution in [3.8, 4) is 0 Å². The highest BCUT2D eigenvalue weighted by Gasteiger charge is 2.34. The number of anilines is 2. The molecule has 0 radical (unpaired) electrons. The minimum Gasteiger partial charge on any atom is -0.478 e. The fourth-order valence-corrected chi connectivity index (χ4v) is 4.78. The fraction of sp³-hybridized carbons (Fsp3) is 0.0690. The standard InChI is InChI=1S/C29H21F3N2O4S/c30-29(31,32)23-12-6-7-13-24(23)34-27(36)25(18-8-2-1-3-9-18)39-20-16-14-19(15-17-20)33-26(35)21-10-4-5-11-22(21)28(37)38/h1-17,25H,(H,33,35)(H,34,36)(H,37,38)/t25-/m1/s1. The molecule has 1 atom stereocenters. The van der Waals surface area contributed by atoms with Gasteiger partial charge < -0.3 is 15.7 Å². The van der Waals surface area contributed by atoms with Gasteiger partial charge in [-0.25, -0.2) is 4.79 Å². The predicted molar refractivity (Wildman–Crippen MR) is 143 cm³/mol. The maximum Gasteiger partial charge on any atom is 0.418 e. The first kappa shape index (κ1) is 27.5. The van der Waals surface area contributed by atoms with Crippen molar-refractivity contribution in [3.05, 3.63) is 125 Å². The van der Waals surface area contributed by atoms with Crippen LogP contribution in [0.1, 0.15) is 37.1 Å². The molecule has 0 aliphatic rings. The van der Waals surface area contributed by atoms with Crippen molar-refractivity contribution in [1.29, 1.82) is 0 Å². The smallest absolute Gasteiger partial charge is 0.418 e. The van der Waals surface area contributed by atoms with Gasteiger partial charge in [0.1, 0.15) is 5.25 Å². The van der Waals surface area contributed by atoms with E-state index in [0.29, 0.717) is 16.1 Å². The number of para-hydroxylation sites is 1. The molecule has 0 aliphatic heterocycles. The number of benzene rings is 4. The molecular weight excluding hydrogens is 529 g/mol. The Kier molecular flexibility index (Phi) is 8.36. The van der Waals surface area contributed by atoms with Crippen molar-refractivity contribution in [3.63, 3.8) is 0 Å². The molecule has 4 aromatic rings. The number of hydrogen-bond donors (Lipinski definition) is 3. The number of hydrogen-bond acceptors (Lipinski definition) is 4. The Hall–Kier alpha value is -4.57. The van der Waals surface area contributed by atoms with E-state index < -0.39 is 34.8 Å². The molecule has 198 valence electrons. The lowest BCUT2D eigenvalue weighted by Gasteiger charge is -2.19. The maximum absolute atomic E-state index is 13.5. The van der Waals surface area contributed by atoms with Crippen LogP contribution < -0.4 is 10.6 Å². The van der Waals surface area contributed by atoms with Gasteiger partial charge in [-0.05, 0) is 54.1 Å². The summed E-state index contributed by atoms with van der Waals surface area (Å²) in [5.74, 6) is -2.46. The van der Waals surface area contributed by atoms with E-state index in [9.17, 15) is 32.7 Å². The number of carbonyl (C=O) groups is 3. The van der Waals surface area contributed by atoms with Crippen LogP contribution in [0.25, 0.3) is 0 Å².